The van der Waals surface area contributed by atoms with Gasteiger partial charge in [0.15, 0.2) is 0 Å². The van der Waals surface area contributed by atoms with Gasteiger partial charge in [0.25, 0.3) is 0 Å². The van der Waals surface area contributed by atoms with E-state index in [1.54, 1.807) is 25.7 Å². The molecule has 1 N–H and O–H groups in total. The number of hydrogen-bond acceptors (Lipinski definition) is 6. The summed E-state index contributed by atoms with van der Waals surface area (Å²) in [6, 6.07) is 0. The van der Waals surface area contributed by atoms with Crippen molar-refractivity contribution in [3.8, 4) is 0 Å². The molecule has 214 valence electrons. The zero-order valence-electron chi connectivity index (χ0n) is 25.3. The van der Waals surface area contributed by atoms with Gasteiger partial charge in [-0.1, -0.05) is 41.5 Å². The highest BCUT2D eigenvalue weighted by molar-refractivity contribution is 5.85. The lowest BCUT2D eigenvalue weighted by atomic mass is 9.65. The maximum Gasteiger partial charge on any atom is 0.312 e. The van der Waals surface area contributed by atoms with E-state index >= 15 is 0 Å². The van der Waals surface area contributed by atoms with Crippen LogP contribution in [0.5, 0.6) is 0 Å². The van der Waals surface area contributed by atoms with E-state index in [1.807, 2.05) is 27.7 Å². The van der Waals surface area contributed by atoms with Crippen molar-refractivity contribution in [1.82, 2.24) is 10.2 Å². The van der Waals surface area contributed by atoms with Crippen molar-refractivity contribution in [2.45, 2.75) is 113 Å². The molecule has 0 spiro atoms. The summed E-state index contributed by atoms with van der Waals surface area (Å²) >= 11 is 0. The third-order valence-corrected chi connectivity index (χ3v) is 7.34. The van der Waals surface area contributed by atoms with E-state index in [-0.39, 0.29) is 36.0 Å². The van der Waals surface area contributed by atoms with Crippen LogP contribution in [0.2, 0.25) is 0 Å². The Labute approximate surface area is 224 Å². The van der Waals surface area contributed by atoms with Crippen molar-refractivity contribution in [1.29, 1.82) is 0 Å². The van der Waals surface area contributed by atoms with E-state index in [1.165, 1.54) is 7.11 Å². The Kier molecular flexibility index (Phi) is 10.8. The van der Waals surface area contributed by atoms with Gasteiger partial charge in [-0.3, -0.25) is 19.2 Å². The first-order valence-electron chi connectivity index (χ1n) is 13.6. The second kappa shape index (κ2) is 12.2. The van der Waals surface area contributed by atoms with Gasteiger partial charge in [0.1, 0.15) is 5.60 Å². The molecule has 37 heavy (non-hydrogen) atoms. The molecule has 0 aliphatic carbocycles. The number of esters is 2. The largest absolute Gasteiger partial charge is 0.469 e. The van der Waals surface area contributed by atoms with E-state index in [2.05, 4.69) is 26.1 Å². The molecular weight excluding hydrogens is 472 g/mol. The molecule has 1 saturated heterocycles. The number of carbonyl (C=O) groups excluding carboxylic acids is 4. The number of carbonyl (C=O) groups is 4. The summed E-state index contributed by atoms with van der Waals surface area (Å²) in [4.78, 5) is 53.3. The van der Waals surface area contributed by atoms with Crippen molar-refractivity contribution in [2.24, 2.45) is 21.7 Å². The Balaban J connectivity index is 3.03. The van der Waals surface area contributed by atoms with Gasteiger partial charge < -0.3 is 19.7 Å². The molecule has 1 heterocycles. The second-order valence-electron chi connectivity index (χ2n) is 13.8. The van der Waals surface area contributed by atoms with Gasteiger partial charge >= 0.3 is 11.9 Å². The molecule has 0 saturated carbocycles. The van der Waals surface area contributed by atoms with Crippen LogP contribution in [-0.4, -0.2) is 61.0 Å². The molecule has 2 atom stereocenters. The van der Waals surface area contributed by atoms with Crippen LogP contribution in [0, 0.1) is 21.7 Å². The molecule has 0 aromatic carbocycles. The quantitative estimate of drug-likeness (QED) is 0.344. The minimum Gasteiger partial charge on any atom is -0.469 e. The molecule has 0 radical (unpaired) electrons. The van der Waals surface area contributed by atoms with Crippen LogP contribution < -0.4 is 5.32 Å². The fourth-order valence-electron chi connectivity index (χ4n) is 5.88. The molecule has 0 aromatic heterocycles. The second-order valence-corrected chi connectivity index (χ2v) is 13.8. The fraction of sp³-hybridized carbons (Fsp3) is 0.862. The molecular formula is C29H52N2O6. The minimum absolute atomic E-state index is 0.0215. The summed E-state index contributed by atoms with van der Waals surface area (Å²) in [6.07, 6.45) is 2.95. The Morgan fingerprint density at radius 2 is 1.49 bits per heavy atom. The maximum absolute atomic E-state index is 13.5. The summed E-state index contributed by atoms with van der Waals surface area (Å²) in [6.45, 7) is 20.8. The van der Waals surface area contributed by atoms with Crippen molar-refractivity contribution < 1.29 is 28.7 Å². The van der Waals surface area contributed by atoms with Crippen molar-refractivity contribution in [3.05, 3.63) is 0 Å². The van der Waals surface area contributed by atoms with E-state index in [0.717, 1.165) is 13.0 Å². The number of hydrogen-bond donors (Lipinski definition) is 1. The summed E-state index contributed by atoms with van der Waals surface area (Å²) in [5.74, 6) is -0.904. The van der Waals surface area contributed by atoms with Crippen LogP contribution in [-0.2, 0) is 28.7 Å². The average molecular weight is 525 g/mol. The Morgan fingerprint density at radius 1 is 0.892 bits per heavy atom. The smallest absolute Gasteiger partial charge is 0.312 e. The summed E-state index contributed by atoms with van der Waals surface area (Å²) in [5.41, 5.74) is -3.64. The van der Waals surface area contributed by atoms with Gasteiger partial charge in [-0.2, -0.15) is 0 Å². The first kappa shape index (κ1) is 32.9. The fourth-order valence-corrected chi connectivity index (χ4v) is 5.88. The molecule has 1 aliphatic rings. The predicted molar refractivity (Wildman–Crippen MR) is 145 cm³/mol. The predicted octanol–water partition coefficient (Wildman–Crippen LogP) is 4.89. The van der Waals surface area contributed by atoms with Gasteiger partial charge in [0.2, 0.25) is 11.8 Å². The lowest BCUT2D eigenvalue weighted by molar-refractivity contribution is -0.175. The van der Waals surface area contributed by atoms with Crippen LogP contribution in [0.4, 0.5) is 0 Å². The molecule has 8 nitrogen and oxygen atoms in total. The van der Waals surface area contributed by atoms with E-state index in [9.17, 15) is 19.2 Å². The average Bonchev–Trinajstić information content (AvgIpc) is 3.14. The lowest BCUT2D eigenvalue weighted by Gasteiger charge is -2.41. The SMILES string of the molecule is CCC(C)(CC(C)(CC(C)(C)C(=O)NCCN1CCCC1=O)C(=O)OC)C(=O)OC(C)(C)CC(C)(C)C. The van der Waals surface area contributed by atoms with Gasteiger partial charge in [0, 0.05) is 31.5 Å². The van der Waals surface area contributed by atoms with Gasteiger partial charge in [0.05, 0.1) is 17.9 Å². The Hall–Kier alpha value is -2.12. The molecule has 8 heteroatoms. The maximum atomic E-state index is 13.5. The van der Waals surface area contributed by atoms with E-state index in [0.29, 0.717) is 32.4 Å². The van der Waals surface area contributed by atoms with Crippen molar-refractivity contribution in [2.75, 3.05) is 26.7 Å². The van der Waals surface area contributed by atoms with Crippen LogP contribution in [0.3, 0.4) is 0 Å². The molecule has 0 bridgehead atoms. The number of amides is 2. The standard InChI is InChI=1S/C29H52N2O6/c1-12-28(9,24(35)37-27(7,8)18-25(2,3)4)20-29(10,23(34)36-11)19-26(5,6)22(33)30-15-17-31-16-13-14-21(31)32/h12-20H2,1-11H3,(H,30,33). The van der Waals surface area contributed by atoms with Gasteiger partial charge in [-0.25, -0.2) is 0 Å². The molecule has 2 amide bonds. The van der Waals surface area contributed by atoms with Gasteiger partial charge in [-0.05, 0) is 65.2 Å². The number of ether oxygens (including phenoxy) is 2. The lowest BCUT2D eigenvalue weighted by Crippen LogP contribution is -2.48. The monoisotopic (exact) mass is 524 g/mol. The summed E-state index contributed by atoms with van der Waals surface area (Å²) in [7, 11) is 1.33. The molecule has 1 rings (SSSR count). The first-order valence-corrected chi connectivity index (χ1v) is 13.6. The number of likely N-dealkylation sites (tertiary alicyclic amines) is 1. The van der Waals surface area contributed by atoms with E-state index in [4.69, 9.17) is 9.47 Å². The summed E-state index contributed by atoms with van der Waals surface area (Å²) in [5, 5.41) is 2.93. The Bertz CT molecular complexity index is 844. The third-order valence-electron chi connectivity index (χ3n) is 7.34. The van der Waals surface area contributed by atoms with Crippen LogP contribution >= 0.6 is 0 Å². The normalized spacial score (nSPS) is 18.1. The topological polar surface area (TPSA) is 102 Å². The summed E-state index contributed by atoms with van der Waals surface area (Å²) < 4.78 is 11.2. The zero-order chi connectivity index (χ0) is 28.9. The van der Waals surface area contributed by atoms with E-state index < -0.39 is 27.8 Å². The minimum atomic E-state index is -1.10. The van der Waals surface area contributed by atoms with Gasteiger partial charge in [-0.15, -0.1) is 0 Å². The zero-order valence-corrected chi connectivity index (χ0v) is 25.3. The van der Waals surface area contributed by atoms with Crippen LogP contribution in [0.1, 0.15) is 108 Å². The molecule has 0 aromatic rings. The van der Waals surface area contributed by atoms with Crippen molar-refractivity contribution >= 4 is 23.8 Å². The number of nitrogens with one attached hydrogen (secondary N) is 1. The molecule has 2 unspecified atom stereocenters. The van der Waals surface area contributed by atoms with Crippen LogP contribution in [0.25, 0.3) is 0 Å². The first-order chi connectivity index (χ1) is 16.7. The Morgan fingerprint density at radius 3 is 1.95 bits per heavy atom. The highest BCUT2D eigenvalue weighted by atomic mass is 16.6. The van der Waals surface area contributed by atoms with Crippen molar-refractivity contribution in [3.63, 3.8) is 0 Å². The molecule has 1 aliphatic heterocycles. The highest BCUT2D eigenvalue weighted by Gasteiger charge is 2.50. The number of nitrogens with zero attached hydrogens (tertiary/aromatic N) is 1. The van der Waals surface area contributed by atoms with Crippen LogP contribution in [0.15, 0.2) is 0 Å². The highest BCUT2D eigenvalue weighted by Crippen LogP contribution is 2.46. The number of rotatable bonds is 13. The third kappa shape index (κ3) is 9.60. The number of methoxy groups -OCH3 is 1. The molecule has 1 fully saturated rings.